The molecule has 1 N–H and O–H groups in total. The molecular formula is C19H15N3OS2. The summed E-state index contributed by atoms with van der Waals surface area (Å²) in [7, 11) is 0. The number of benzene rings is 1. The lowest BCUT2D eigenvalue weighted by Gasteiger charge is -2.37. The summed E-state index contributed by atoms with van der Waals surface area (Å²) in [5, 5.41) is 15.0. The Hall–Kier alpha value is -2.28. The standard InChI is InChI=1S/C19H15N3OS2/c23-13-9-22(10-13)18-16-14(12-5-2-1-3-6-12)11-25-19(16)21-17(20-18)15-7-4-8-24-15/h1-8,11,13,23H,9-10H2. The summed E-state index contributed by atoms with van der Waals surface area (Å²) >= 11 is 3.30. The van der Waals surface area contributed by atoms with E-state index in [0.717, 1.165) is 32.3 Å². The molecular weight excluding hydrogens is 350 g/mol. The molecule has 0 bridgehead atoms. The van der Waals surface area contributed by atoms with Gasteiger partial charge < -0.3 is 10.0 Å². The number of thiophene rings is 2. The first kappa shape index (κ1) is 15.0. The molecule has 1 saturated heterocycles. The van der Waals surface area contributed by atoms with E-state index in [1.807, 2.05) is 35.7 Å². The van der Waals surface area contributed by atoms with Crippen molar-refractivity contribution in [3.63, 3.8) is 0 Å². The van der Waals surface area contributed by atoms with Gasteiger partial charge in [0.1, 0.15) is 10.6 Å². The average molecular weight is 365 g/mol. The molecule has 1 aliphatic rings. The van der Waals surface area contributed by atoms with Gasteiger partial charge in [-0.1, -0.05) is 36.4 Å². The Bertz CT molecular complexity index is 1020. The number of aliphatic hydroxyl groups excluding tert-OH is 1. The summed E-state index contributed by atoms with van der Waals surface area (Å²) in [4.78, 5) is 13.9. The molecule has 0 unspecified atom stereocenters. The van der Waals surface area contributed by atoms with E-state index in [2.05, 4.69) is 22.4 Å². The molecule has 0 amide bonds. The maximum absolute atomic E-state index is 9.76. The molecule has 1 fully saturated rings. The van der Waals surface area contributed by atoms with E-state index in [9.17, 15) is 5.11 Å². The lowest BCUT2D eigenvalue weighted by Crippen LogP contribution is -2.51. The fourth-order valence-electron chi connectivity index (χ4n) is 3.13. The largest absolute Gasteiger partial charge is 0.389 e. The second-order valence-corrected chi connectivity index (χ2v) is 7.91. The fraction of sp³-hybridized carbons (Fsp3) is 0.158. The fourth-order valence-corrected chi connectivity index (χ4v) is 4.73. The molecule has 4 heterocycles. The molecule has 0 saturated carbocycles. The van der Waals surface area contributed by atoms with Crippen LogP contribution in [0.2, 0.25) is 0 Å². The summed E-state index contributed by atoms with van der Waals surface area (Å²) in [6, 6.07) is 14.4. The van der Waals surface area contributed by atoms with Crippen molar-refractivity contribution < 1.29 is 5.11 Å². The van der Waals surface area contributed by atoms with Gasteiger partial charge in [0.05, 0.1) is 16.4 Å². The Morgan fingerprint density at radius 3 is 2.56 bits per heavy atom. The highest BCUT2D eigenvalue weighted by atomic mass is 32.1. The molecule has 1 aliphatic heterocycles. The molecule has 0 atom stereocenters. The third kappa shape index (κ3) is 2.54. The van der Waals surface area contributed by atoms with Crippen molar-refractivity contribution in [3.05, 3.63) is 53.2 Å². The highest BCUT2D eigenvalue weighted by Crippen LogP contribution is 2.40. The number of aromatic nitrogens is 2. The molecule has 3 aromatic heterocycles. The molecule has 124 valence electrons. The predicted octanol–water partition coefficient (Wildman–Crippen LogP) is 4.27. The second-order valence-electron chi connectivity index (χ2n) is 6.10. The van der Waals surface area contributed by atoms with Crippen molar-refractivity contribution in [1.29, 1.82) is 0 Å². The van der Waals surface area contributed by atoms with Crippen molar-refractivity contribution >= 4 is 38.7 Å². The lowest BCUT2D eigenvalue weighted by atomic mass is 10.0. The number of hydrogen-bond donors (Lipinski definition) is 1. The van der Waals surface area contributed by atoms with E-state index in [-0.39, 0.29) is 6.10 Å². The molecule has 0 spiro atoms. The maximum atomic E-state index is 9.76. The van der Waals surface area contributed by atoms with Gasteiger partial charge in [-0.25, -0.2) is 9.97 Å². The van der Waals surface area contributed by atoms with Crippen LogP contribution in [0.15, 0.2) is 53.2 Å². The number of aliphatic hydroxyl groups is 1. The zero-order chi connectivity index (χ0) is 16.8. The summed E-state index contributed by atoms with van der Waals surface area (Å²) in [5.41, 5.74) is 2.33. The van der Waals surface area contributed by atoms with Gasteiger partial charge in [-0.3, -0.25) is 0 Å². The quantitative estimate of drug-likeness (QED) is 0.589. The highest BCUT2D eigenvalue weighted by Gasteiger charge is 2.29. The summed E-state index contributed by atoms with van der Waals surface area (Å²) in [6.45, 7) is 1.25. The van der Waals surface area contributed by atoms with Crippen molar-refractivity contribution in [2.24, 2.45) is 0 Å². The van der Waals surface area contributed by atoms with E-state index in [0.29, 0.717) is 13.1 Å². The average Bonchev–Trinajstić information content (AvgIpc) is 3.28. The number of β-amino-alcohol motifs (C(OH)–C–C–N with tert-alkyl or cyclic N) is 1. The van der Waals surface area contributed by atoms with Crippen LogP contribution >= 0.6 is 22.7 Å². The first-order valence-electron chi connectivity index (χ1n) is 8.11. The van der Waals surface area contributed by atoms with Gasteiger partial charge in [-0.15, -0.1) is 22.7 Å². The third-order valence-corrected chi connectivity index (χ3v) is 6.14. The van der Waals surface area contributed by atoms with E-state index >= 15 is 0 Å². The first-order chi connectivity index (χ1) is 12.3. The van der Waals surface area contributed by atoms with Crippen molar-refractivity contribution in [2.45, 2.75) is 6.10 Å². The van der Waals surface area contributed by atoms with Gasteiger partial charge in [0.15, 0.2) is 5.82 Å². The summed E-state index contributed by atoms with van der Waals surface area (Å²) in [5.74, 6) is 1.69. The van der Waals surface area contributed by atoms with Crippen LogP contribution in [0.4, 0.5) is 5.82 Å². The van der Waals surface area contributed by atoms with Crippen LogP contribution in [0.5, 0.6) is 0 Å². The zero-order valence-corrected chi connectivity index (χ0v) is 14.9. The Kier molecular flexibility index (Phi) is 3.55. The summed E-state index contributed by atoms with van der Waals surface area (Å²) < 4.78 is 0. The topological polar surface area (TPSA) is 49.2 Å². The van der Waals surface area contributed by atoms with Crippen LogP contribution in [0.25, 0.3) is 32.0 Å². The molecule has 0 aliphatic carbocycles. The van der Waals surface area contributed by atoms with Crippen molar-refractivity contribution in [3.8, 4) is 21.8 Å². The maximum Gasteiger partial charge on any atom is 0.173 e. The minimum atomic E-state index is -0.269. The Morgan fingerprint density at radius 1 is 1.00 bits per heavy atom. The molecule has 0 radical (unpaired) electrons. The first-order valence-corrected chi connectivity index (χ1v) is 9.87. The molecule has 1 aromatic carbocycles. The van der Waals surface area contributed by atoms with Crippen molar-refractivity contribution in [1.82, 2.24) is 9.97 Å². The Balaban J connectivity index is 1.74. The van der Waals surface area contributed by atoms with Gasteiger partial charge in [0.25, 0.3) is 0 Å². The highest BCUT2D eigenvalue weighted by molar-refractivity contribution is 7.17. The smallest absolute Gasteiger partial charge is 0.173 e. The van der Waals surface area contributed by atoms with E-state index in [1.54, 1.807) is 22.7 Å². The molecule has 4 aromatic rings. The number of nitrogens with zero attached hydrogens (tertiary/aromatic N) is 3. The van der Waals surface area contributed by atoms with Crippen LogP contribution in [-0.2, 0) is 0 Å². The predicted molar refractivity (Wildman–Crippen MR) is 104 cm³/mol. The van der Waals surface area contributed by atoms with Gasteiger partial charge in [-0.2, -0.15) is 0 Å². The third-order valence-electron chi connectivity index (χ3n) is 4.40. The monoisotopic (exact) mass is 365 g/mol. The zero-order valence-electron chi connectivity index (χ0n) is 13.3. The van der Waals surface area contributed by atoms with Crippen LogP contribution in [0.1, 0.15) is 0 Å². The van der Waals surface area contributed by atoms with E-state index in [1.165, 1.54) is 5.56 Å². The van der Waals surface area contributed by atoms with Crippen LogP contribution < -0.4 is 4.90 Å². The van der Waals surface area contributed by atoms with Gasteiger partial charge in [-0.05, 0) is 17.0 Å². The van der Waals surface area contributed by atoms with Crippen LogP contribution in [-0.4, -0.2) is 34.3 Å². The minimum absolute atomic E-state index is 0.269. The Morgan fingerprint density at radius 2 is 1.84 bits per heavy atom. The van der Waals surface area contributed by atoms with Crippen LogP contribution in [0, 0.1) is 0 Å². The van der Waals surface area contributed by atoms with Crippen molar-refractivity contribution in [2.75, 3.05) is 18.0 Å². The number of anilines is 1. The second kappa shape index (κ2) is 5.91. The Labute approximate surface area is 153 Å². The normalized spacial score (nSPS) is 14.8. The molecule has 4 nitrogen and oxygen atoms in total. The van der Waals surface area contributed by atoms with Gasteiger partial charge >= 0.3 is 0 Å². The molecule has 5 rings (SSSR count). The molecule has 25 heavy (non-hydrogen) atoms. The minimum Gasteiger partial charge on any atom is -0.389 e. The van der Waals surface area contributed by atoms with E-state index in [4.69, 9.17) is 9.97 Å². The number of rotatable bonds is 3. The lowest BCUT2D eigenvalue weighted by molar-refractivity contribution is 0.141. The SMILES string of the molecule is OC1CN(c2nc(-c3cccs3)nc3scc(-c4ccccc4)c23)C1. The van der Waals surface area contributed by atoms with Gasteiger partial charge in [0.2, 0.25) is 0 Å². The number of fused-ring (bicyclic) bond motifs is 1. The van der Waals surface area contributed by atoms with Crippen LogP contribution in [0.3, 0.4) is 0 Å². The van der Waals surface area contributed by atoms with E-state index < -0.39 is 0 Å². The summed E-state index contributed by atoms with van der Waals surface area (Å²) in [6.07, 6.45) is -0.269. The van der Waals surface area contributed by atoms with Gasteiger partial charge in [0, 0.05) is 24.0 Å². The number of hydrogen-bond acceptors (Lipinski definition) is 6. The molecule has 6 heteroatoms.